The first-order valence-corrected chi connectivity index (χ1v) is 6.47. The summed E-state index contributed by atoms with van der Waals surface area (Å²) in [6, 6.07) is -0.441. The average molecular weight is 281 g/mol. The zero-order chi connectivity index (χ0) is 14.9. The van der Waals surface area contributed by atoms with Gasteiger partial charge in [0.25, 0.3) is 0 Å². The minimum atomic E-state index is -1.21. The second-order valence-electron chi connectivity index (χ2n) is 5.41. The lowest BCUT2D eigenvalue weighted by molar-refractivity contribution is -0.144. The Morgan fingerprint density at radius 2 is 2.20 bits per heavy atom. The molecule has 0 aromatic carbocycles. The second kappa shape index (κ2) is 5.10. The van der Waals surface area contributed by atoms with Crippen LogP contribution in [0.3, 0.4) is 0 Å². The molecule has 1 unspecified atom stereocenters. The number of aromatic amines is 1. The number of nitrogens with zero attached hydrogens (tertiary/aromatic N) is 3. The van der Waals surface area contributed by atoms with Gasteiger partial charge in [0.2, 0.25) is 0 Å². The van der Waals surface area contributed by atoms with Crippen LogP contribution < -0.4 is 5.32 Å². The number of hydrogen-bond acceptors (Lipinski definition) is 4. The van der Waals surface area contributed by atoms with Gasteiger partial charge in [0.15, 0.2) is 5.82 Å². The molecule has 1 saturated carbocycles. The van der Waals surface area contributed by atoms with Gasteiger partial charge in [-0.05, 0) is 32.6 Å². The smallest absolute Gasteiger partial charge is 0.329 e. The average Bonchev–Trinajstić information content (AvgIpc) is 3.14. The van der Waals surface area contributed by atoms with Crippen LogP contribution in [-0.4, -0.2) is 49.8 Å². The molecule has 3 N–H and O–H groups in total. The number of carboxylic acids is 1. The number of carbonyl (C=O) groups is 2. The third-order valence-electron chi connectivity index (χ3n) is 3.57. The summed E-state index contributed by atoms with van der Waals surface area (Å²) in [6.07, 6.45) is 1.65. The number of aryl methyl sites for hydroxylation is 1. The molecule has 0 aliphatic heterocycles. The molecule has 2 rings (SSSR count). The molecule has 1 aliphatic carbocycles. The van der Waals surface area contributed by atoms with Gasteiger partial charge in [0, 0.05) is 7.05 Å². The van der Waals surface area contributed by atoms with Crippen LogP contribution in [0.25, 0.3) is 0 Å². The molecular weight excluding hydrogens is 262 g/mol. The van der Waals surface area contributed by atoms with Crippen molar-refractivity contribution in [3.05, 3.63) is 11.6 Å². The Morgan fingerprint density at radius 3 is 2.65 bits per heavy atom. The molecule has 0 bridgehead atoms. The number of rotatable bonds is 5. The summed E-state index contributed by atoms with van der Waals surface area (Å²) < 4.78 is 0. The van der Waals surface area contributed by atoms with E-state index < -0.39 is 17.5 Å². The lowest BCUT2D eigenvalue weighted by atomic mass is 9.96. The first-order valence-electron chi connectivity index (χ1n) is 6.47. The molecular formula is C12H19N5O3. The Morgan fingerprint density at radius 1 is 1.55 bits per heavy atom. The zero-order valence-corrected chi connectivity index (χ0v) is 11.8. The fourth-order valence-corrected chi connectivity index (χ4v) is 2.05. The van der Waals surface area contributed by atoms with E-state index in [-0.39, 0.29) is 12.5 Å². The normalized spacial score (nSPS) is 17.4. The van der Waals surface area contributed by atoms with Crippen LogP contribution in [0.5, 0.6) is 0 Å². The molecule has 1 heterocycles. The maximum Gasteiger partial charge on any atom is 0.329 e. The topological polar surface area (TPSA) is 111 Å². The SMILES string of the molecule is Cc1nc(CN(C)C(=O)NC(C)(C(=O)O)C2CC2)n[nH]1. The van der Waals surface area contributed by atoms with Gasteiger partial charge in [-0.15, -0.1) is 0 Å². The lowest BCUT2D eigenvalue weighted by Crippen LogP contribution is -2.56. The van der Waals surface area contributed by atoms with Gasteiger partial charge in [-0.2, -0.15) is 5.10 Å². The highest BCUT2D eigenvalue weighted by atomic mass is 16.4. The van der Waals surface area contributed by atoms with Gasteiger partial charge in [-0.1, -0.05) is 0 Å². The van der Waals surface area contributed by atoms with Crippen LogP contribution in [-0.2, 0) is 11.3 Å². The number of urea groups is 1. The van der Waals surface area contributed by atoms with Crippen LogP contribution in [0.1, 0.15) is 31.4 Å². The Kier molecular flexibility index (Phi) is 3.65. The van der Waals surface area contributed by atoms with Gasteiger partial charge in [0.1, 0.15) is 11.4 Å². The van der Waals surface area contributed by atoms with Crippen molar-refractivity contribution in [2.45, 2.75) is 38.8 Å². The third kappa shape index (κ3) is 2.89. The minimum Gasteiger partial charge on any atom is -0.480 e. The molecule has 1 aromatic heterocycles. The van der Waals surface area contributed by atoms with E-state index in [1.807, 2.05) is 0 Å². The number of nitrogens with one attached hydrogen (secondary N) is 2. The molecule has 110 valence electrons. The first-order chi connectivity index (χ1) is 9.33. The van der Waals surface area contributed by atoms with Crippen LogP contribution in [0.2, 0.25) is 0 Å². The summed E-state index contributed by atoms with van der Waals surface area (Å²) in [5, 5.41) is 18.5. The first kappa shape index (κ1) is 14.3. The molecule has 1 fully saturated rings. The fraction of sp³-hybridized carbons (Fsp3) is 0.667. The summed E-state index contributed by atoms with van der Waals surface area (Å²) in [5.41, 5.74) is -1.21. The molecule has 1 aliphatic rings. The summed E-state index contributed by atoms with van der Waals surface area (Å²) in [5.74, 6) is 0.157. The highest BCUT2D eigenvalue weighted by molar-refractivity contribution is 5.86. The van der Waals surface area contributed by atoms with Gasteiger partial charge in [-0.3, -0.25) is 5.10 Å². The predicted octanol–water partition coefficient (Wildman–Crippen LogP) is 0.508. The standard InChI is InChI=1S/C12H19N5O3/c1-7-13-9(16-15-7)6-17(3)11(20)14-12(2,10(18)19)8-4-5-8/h8H,4-6H2,1-3H3,(H,14,20)(H,18,19)(H,13,15,16). The van der Waals surface area contributed by atoms with Crippen molar-refractivity contribution in [2.75, 3.05) is 7.05 Å². The molecule has 0 saturated heterocycles. The summed E-state index contributed by atoms with van der Waals surface area (Å²) in [7, 11) is 1.58. The maximum absolute atomic E-state index is 12.1. The van der Waals surface area contributed by atoms with Gasteiger partial charge < -0.3 is 15.3 Å². The van der Waals surface area contributed by atoms with Crippen molar-refractivity contribution in [1.29, 1.82) is 0 Å². The van der Waals surface area contributed by atoms with E-state index in [1.54, 1.807) is 20.9 Å². The van der Waals surface area contributed by atoms with E-state index in [0.717, 1.165) is 12.8 Å². The molecule has 8 nitrogen and oxygen atoms in total. The zero-order valence-electron chi connectivity index (χ0n) is 11.8. The van der Waals surface area contributed by atoms with E-state index >= 15 is 0 Å². The molecule has 0 radical (unpaired) electrons. The second-order valence-corrected chi connectivity index (χ2v) is 5.41. The molecule has 8 heteroatoms. The number of amides is 2. The van der Waals surface area contributed by atoms with Crippen LogP contribution in [0.15, 0.2) is 0 Å². The molecule has 1 aromatic rings. The largest absolute Gasteiger partial charge is 0.480 e. The van der Waals surface area contributed by atoms with Crippen LogP contribution in [0, 0.1) is 12.8 Å². The van der Waals surface area contributed by atoms with Crippen molar-refractivity contribution in [1.82, 2.24) is 25.4 Å². The van der Waals surface area contributed by atoms with E-state index in [4.69, 9.17) is 0 Å². The molecule has 0 spiro atoms. The number of aliphatic carboxylic acids is 1. The Balaban J connectivity index is 1.98. The van der Waals surface area contributed by atoms with Crippen molar-refractivity contribution >= 4 is 12.0 Å². The van der Waals surface area contributed by atoms with E-state index in [2.05, 4.69) is 20.5 Å². The number of hydrogen-bond donors (Lipinski definition) is 3. The Hall–Kier alpha value is -2.12. The van der Waals surface area contributed by atoms with E-state index in [1.165, 1.54) is 4.90 Å². The fourth-order valence-electron chi connectivity index (χ4n) is 2.05. The third-order valence-corrected chi connectivity index (χ3v) is 3.57. The Labute approximate surface area is 116 Å². The molecule has 2 amide bonds. The van der Waals surface area contributed by atoms with Gasteiger partial charge in [0.05, 0.1) is 6.54 Å². The van der Waals surface area contributed by atoms with Crippen molar-refractivity contribution in [3.8, 4) is 0 Å². The van der Waals surface area contributed by atoms with Gasteiger partial charge in [-0.25, -0.2) is 14.6 Å². The highest BCUT2D eigenvalue weighted by Gasteiger charge is 2.48. The number of aromatic nitrogens is 3. The summed E-state index contributed by atoms with van der Waals surface area (Å²) in [4.78, 5) is 28.9. The highest BCUT2D eigenvalue weighted by Crippen LogP contribution is 2.39. The minimum absolute atomic E-state index is 0.00287. The van der Waals surface area contributed by atoms with Crippen LogP contribution >= 0.6 is 0 Å². The number of carboxylic acid groups (broad SMARTS) is 1. The molecule has 1 atom stereocenters. The van der Waals surface area contributed by atoms with E-state index in [0.29, 0.717) is 11.6 Å². The maximum atomic E-state index is 12.1. The number of carbonyl (C=O) groups excluding carboxylic acids is 1. The Bertz CT molecular complexity index is 525. The summed E-state index contributed by atoms with van der Waals surface area (Å²) >= 11 is 0. The molecule has 20 heavy (non-hydrogen) atoms. The number of H-pyrrole nitrogens is 1. The van der Waals surface area contributed by atoms with Crippen molar-refractivity contribution in [2.24, 2.45) is 5.92 Å². The quantitative estimate of drug-likeness (QED) is 0.728. The summed E-state index contributed by atoms with van der Waals surface area (Å²) in [6.45, 7) is 3.54. The van der Waals surface area contributed by atoms with Crippen molar-refractivity contribution in [3.63, 3.8) is 0 Å². The monoisotopic (exact) mass is 281 g/mol. The van der Waals surface area contributed by atoms with E-state index in [9.17, 15) is 14.7 Å². The predicted molar refractivity (Wildman–Crippen MR) is 69.9 cm³/mol. The lowest BCUT2D eigenvalue weighted by Gasteiger charge is -2.28. The van der Waals surface area contributed by atoms with Gasteiger partial charge >= 0.3 is 12.0 Å². The van der Waals surface area contributed by atoms with Crippen molar-refractivity contribution < 1.29 is 14.7 Å². The van der Waals surface area contributed by atoms with Crippen LogP contribution in [0.4, 0.5) is 4.79 Å².